The van der Waals surface area contributed by atoms with Crippen molar-refractivity contribution in [3.63, 3.8) is 0 Å². The molecule has 2 N–H and O–H groups in total. The van der Waals surface area contributed by atoms with Crippen molar-refractivity contribution < 1.29 is 14.7 Å². The first-order chi connectivity index (χ1) is 8.59. The van der Waals surface area contributed by atoms with Crippen LogP contribution in [0.4, 0.5) is 0 Å². The van der Waals surface area contributed by atoms with Crippen LogP contribution in [0.1, 0.15) is 29.8 Å². The van der Waals surface area contributed by atoms with Gasteiger partial charge in [0.1, 0.15) is 11.7 Å². The zero-order valence-electron chi connectivity index (χ0n) is 9.63. The van der Waals surface area contributed by atoms with Crippen LogP contribution in [0.15, 0.2) is 17.2 Å². The molecule has 0 aliphatic carbocycles. The number of aliphatic carboxylic acids is 1. The molecule has 1 unspecified atom stereocenters. The number of nitrogens with zero attached hydrogens (tertiary/aromatic N) is 2. The minimum absolute atomic E-state index is 0.0581. The molecule has 0 aromatic carbocycles. The van der Waals surface area contributed by atoms with E-state index in [-0.39, 0.29) is 5.69 Å². The number of hydrogen-bond donors (Lipinski definition) is 2. The molecule has 0 radical (unpaired) electrons. The summed E-state index contributed by atoms with van der Waals surface area (Å²) in [5.41, 5.74) is -0.345. The molecule has 1 atom stereocenters. The second kappa shape index (κ2) is 4.99. The molecule has 0 spiro atoms. The molecule has 1 amide bonds. The Balaban J connectivity index is 2.23. The summed E-state index contributed by atoms with van der Waals surface area (Å²) in [6.07, 6.45) is 4.23. The van der Waals surface area contributed by atoms with Crippen LogP contribution in [-0.2, 0) is 4.79 Å². The molecular weight excluding hydrogens is 238 g/mol. The van der Waals surface area contributed by atoms with Crippen LogP contribution in [0.3, 0.4) is 0 Å². The van der Waals surface area contributed by atoms with Crippen molar-refractivity contribution in [2.45, 2.75) is 25.3 Å². The highest BCUT2D eigenvalue weighted by molar-refractivity contribution is 5.94. The first kappa shape index (κ1) is 12.3. The van der Waals surface area contributed by atoms with Crippen LogP contribution >= 0.6 is 0 Å². The van der Waals surface area contributed by atoms with E-state index < -0.39 is 23.5 Å². The van der Waals surface area contributed by atoms with Crippen LogP contribution in [0.2, 0.25) is 0 Å². The number of hydrogen-bond acceptors (Lipinski definition) is 4. The predicted molar refractivity (Wildman–Crippen MR) is 61.2 cm³/mol. The second-order valence-electron chi connectivity index (χ2n) is 4.14. The highest BCUT2D eigenvalue weighted by Gasteiger charge is 2.32. The highest BCUT2D eigenvalue weighted by atomic mass is 16.4. The Kier molecular flexibility index (Phi) is 3.40. The molecule has 1 aromatic rings. The minimum Gasteiger partial charge on any atom is -0.480 e. The van der Waals surface area contributed by atoms with E-state index in [1.807, 2.05) is 0 Å². The summed E-state index contributed by atoms with van der Waals surface area (Å²) in [7, 11) is 0. The van der Waals surface area contributed by atoms with E-state index in [0.29, 0.717) is 13.0 Å². The molecule has 7 nitrogen and oxygen atoms in total. The van der Waals surface area contributed by atoms with E-state index in [9.17, 15) is 14.4 Å². The number of rotatable bonds is 2. The largest absolute Gasteiger partial charge is 0.480 e. The lowest BCUT2D eigenvalue weighted by molar-refractivity contribution is -0.143. The van der Waals surface area contributed by atoms with Gasteiger partial charge in [0.15, 0.2) is 0 Å². The number of H-pyrrole nitrogens is 1. The van der Waals surface area contributed by atoms with Crippen LogP contribution in [-0.4, -0.2) is 44.4 Å². The summed E-state index contributed by atoms with van der Waals surface area (Å²) in [6.45, 7) is 0.399. The molecule has 96 valence electrons. The Bertz CT molecular complexity index is 505. The first-order valence-electron chi connectivity index (χ1n) is 5.68. The number of nitrogens with one attached hydrogen (secondary N) is 1. The lowest BCUT2D eigenvalue weighted by atomic mass is 10.0. The lowest BCUT2D eigenvalue weighted by Gasteiger charge is -2.32. The zero-order valence-corrected chi connectivity index (χ0v) is 9.63. The van der Waals surface area contributed by atoms with Crippen LogP contribution in [0.5, 0.6) is 0 Å². The van der Waals surface area contributed by atoms with Crippen molar-refractivity contribution in [2.24, 2.45) is 0 Å². The van der Waals surface area contributed by atoms with Gasteiger partial charge in [0, 0.05) is 12.7 Å². The Morgan fingerprint density at radius 1 is 1.44 bits per heavy atom. The number of piperidine rings is 1. The molecule has 1 fully saturated rings. The number of amides is 1. The molecule has 7 heteroatoms. The Morgan fingerprint density at radius 2 is 2.22 bits per heavy atom. The monoisotopic (exact) mass is 251 g/mol. The fraction of sp³-hybridized carbons (Fsp3) is 0.455. The van der Waals surface area contributed by atoms with E-state index in [2.05, 4.69) is 9.97 Å². The molecule has 1 saturated heterocycles. The van der Waals surface area contributed by atoms with Crippen molar-refractivity contribution in [3.8, 4) is 0 Å². The summed E-state index contributed by atoms with van der Waals surface area (Å²) in [5, 5.41) is 9.08. The maximum absolute atomic E-state index is 12.1. The fourth-order valence-electron chi connectivity index (χ4n) is 2.04. The van der Waals surface area contributed by atoms with Gasteiger partial charge in [0.2, 0.25) is 0 Å². The Morgan fingerprint density at radius 3 is 2.83 bits per heavy atom. The van der Waals surface area contributed by atoms with Gasteiger partial charge in [-0.2, -0.15) is 0 Å². The Hall–Kier alpha value is -2.18. The molecule has 1 aromatic heterocycles. The quantitative estimate of drug-likeness (QED) is 0.760. The van der Waals surface area contributed by atoms with E-state index in [0.717, 1.165) is 19.0 Å². The third-order valence-corrected chi connectivity index (χ3v) is 2.94. The van der Waals surface area contributed by atoms with Crippen molar-refractivity contribution >= 4 is 11.9 Å². The van der Waals surface area contributed by atoms with Gasteiger partial charge in [-0.3, -0.25) is 9.59 Å². The number of carboxylic acids is 1. The minimum atomic E-state index is -1.01. The molecule has 0 bridgehead atoms. The predicted octanol–water partition coefficient (Wildman–Crippen LogP) is -0.151. The van der Waals surface area contributed by atoms with Gasteiger partial charge in [-0.1, -0.05) is 0 Å². The highest BCUT2D eigenvalue weighted by Crippen LogP contribution is 2.18. The summed E-state index contributed by atoms with van der Waals surface area (Å²) < 4.78 is 0. The van der Waals surface area contributed by atoms with Gasteiger partial charge >= 0.3 is 5.97 Å². The van der Waals surface area contributed by atoms with Crippen molar-refractivity contribution in [1.82, 2.24) is 14.9 Å². The maximum Gasteiger partial charge on any atom is 0.326 e. The smallest absolute Gasteiger partial charge is 0.326 e. The fourth-order valence-corrected chi connectivity index (χ4v) is 2.04. The van der Waals surface area contributed by atoms with Crippen LogP contribution < -0.4 is 5.56 Å². The van der Waals surface area contributed by atoms with Crippen LogP contribution in [0.25, 0.3) is 0 Å². The number of carbonyl (C=O) groups is 2. The van der Waals surface area contributed by atoms with Crippen LogP contribution in [0, 0.1) is 0 Å². The SMILES string of the molecule is O=C(O)C1CCCCN1C(=O)c1c[nH]c(=O)cn1. The molecule has 1 aliphatic heterocycles. The normalized spacial score (nSPS) is 19.6. The molecule has 1 aliphatic rings. The topological polar surface area (TPSA) is 103 Å². The number of carbonyl (C=O) groups excluding carboxylic acids is 1. The average molecular weight is 251 g/mol. The van der Waals surface area contributed by atoms with Crippen molar-refractivity contribution in [2.75, 3.05) is 6.54 Å². The first-order valence-corrected chi connectivity index (χ1v) is 5.68. The van der Waals surface area contributed by atoms with Crippen molar-refractivity contribution in [3.05, 3.63) is 28.4 Å². The molecule has 2 rings (SSSR count). The van der Waals surface area contributed by atoms with Gasteiger partial charge in [0.05, 0.1) is 6.20 Å². The third kappa shape index (κ3) is 2.39. The third-order valence-electron chi connectivity index (χ3n) is 2.94. The summed E-state index contributed by atoms with van der Waals surface area (Å²) >= 11 is 0. The molecular formula is C11H13N3O4. The van der Waals surface area contributed by atoms with E-state index >= 15 is 0 Å². The number of carboxylic acid groups (broad SMARTS) is 1. The summed E-state index contributed by atoms with van der Waals surface area (Å²) in [5.74, 6) is -1.47. The average Bonchev–Trinajstić information content (AvgIpc) is 2.39. The van der Waals surface area contributed by atoms with Gasteiger partial charge in [-0.05, 0) is 19.3 Å². The van der Waals surface area contributed by atoms with Crippen molar-refractivity contribution in [1.29, 1.82) is 0 Å². The standard InChI is InChI=1S/C11H13N3O4/c15-9-6-12-7(5-13-9)10(16)14-4-2-1-3-8(14)11(17)18/h5-6,8H,1-4H2,(H,13,15)(H,17,18). The van der Waals surface area contributed by atoms with Gasteiger partial charge in [0.25, 0.3) is 11.5 Å². The van der Waals surface area contributed by atoms with Gasteiger partial charge in [-0.15, -0.1) is 0 Å². The number of aromatic nitrogens is 2. The molecule has 18 heavy (non-hydrogen) atoms. The Labute approximate surface area is 102 Å². The van der Waals surface area contributed by atoms with Gasteiger partial charge in [-0.25, -0.2) is 9.78 Å². The molecule has 0 saturated carbocycles. The zero-order chi connectivity index (χ0) is 13.1. The lowest BCUT2D eigenvalue weighted by Crippen LogP contribution is -2.48. The molecule has 2 heterocycles. The van der Waals surface area contributed by atoms with Gasteiger partial charge < -0.3 is 15.0 Å². The summed E-state index contributed by atoms with van der Waals surface area (Å²) in [6, 6.07) is -0.806. The number of aromatic amines is 1. The van der Waals surface area contributed by atoms with E-state index in [1.165, 1.54) is 11.1 Å². The maximum atomic E-state index is 12.1. The van der Waals surface area contributed by atoms with E-state index in [1.54, 1.807) is 0 Å². The number of likely N-dealkylation sites (tertiary alicyclic amines) is 1. The summed E-state index contributed by atoms with van der Waals surface area (Å²) in [4.78, 5) is 41.4. The second-order valence-corrected chi connectivity index (χ2v) is 4.14. The van der Waals surface area contributed by atoms with E-state index in [4.69, 9.17) is 5.11 Å².